The summed E-state index contributed by atoms with van der Waals surface area (Å²) in [5.41, 5.74) is 3.04. The summed E-state index contributed by atoms with van der Waals surface area (Å²) < 4.78 is 15.3. The Labute approximate surface area is 159 Å². The topological polar surface area (TPSA) is 43.6 Å². The van der Waals surface area contributed by atoms with Crippen LogP contribution in [0.3, 0.4) is 0 Å². The minimum atomic E-state index is -0.272. The normalized spacial score (nSPS) is 11.2. The smallest absolute Gasteiger partial charge is 0.163 e. The van der Waals surface area contributed by atoms with Crippen LogP contribution in [-0.4, -0.2) is 19.5 Å². The summed E-state index contributed by atoms with van der Waals surface area (Å²) in [5, 5.41) is 1.17. The molecular formula is C19H13Cl2FN4. The highest BCUT2D eigenvalue weighted by Crippen LogP contribution is 2.28. The summed E-state index contributed by atoms with van der Waals surface area (Å²) in [6, 6.07) is 11.8. The molecule has 2 aromatic carbocycles. The first-order valence-corrected chi connectivity index (χ1v) is 8.69. The van der Waals surface area contributed by atoms with Crippen molar-refractivity contribution in [1.29, 1.82) is 0 Å². The zero-order valence-corrected chi connectivity index (χ0v) is 15.0. The molecule has 7 heteroatoms. The molecule has 2 aliphatic heterocycles. The van der Waals surface area contributed by atoms with Crippen LogP contribution in [0.2, 0.25) is 10.0 Å². The third kappa shape index (κ3) is 3.28. The van der Waals surface area contributed by atoms with Gasteiger partial charge < -0.3 is 4.57 Å². The number of hydrogen-bond donors (Lipinski definition) is 0. The van der Waals surface area contributed by atoms with Crippen molar-refractivity contribution in [2.45, 2.75) is 13.0 Å². The van der Waals surface area contributed by atoms with E-state index in [-0.39, 0.29) is 5.82 Å². The maximum Gasteiger partial charge on any atom is 0.163 e. The summed E-state index contributed by atoms with van der Waals surface area (Å²) in [4.78, 5) is 13.2. The number of aromatic nitrogens is 4. The molecule has 0 amide bonds. The molecule has 0 aromatic heterocycles. The molecule has 0 radical (unpaired) electrons. The Morgan fingerprint density at radius 3 is 2.50 bits per heavy atom. The van der Waals surface area contributed by atoms with Gasteiger partial charge in [-0.05, 0) is 29.8 Å². The van der Waals surface area contributed by atoms with Gasteiger partial charge in [0, 0.05) is 22.0 Å². The fourth-order valence-electron chi connectivity index (χ4n) is 2.87. The summed E-state index contributed by atoms with van der Waals surface area (Å²) in [6.07, 6.45) is 3.65. The second-order valence-corrected chi connectivity index (χ2v) is 6.69. The van der Waals surface area contributed by atoms with Crippen molar-refractivity contribution in [2.24, 2.45) is 0 Å². The van der Waals surface area contributed by atoms with Crippen molar-refractivity contribution >= 4 is 23.2 Å². The molecule has 0 atom stereocenters. The van der Waals surface area contributed by atoms with Crippen molar-refractivity contribution in [2.75, 3.05) is 0 Å². The van der Waals surface area contributed by atoms with Gasteiger partial charge in [-0.25, -0.2) is 19.3 Å². The van der Waals surface area contributed by atoms with Gasteiger partial charge in [-0.15, -0.1) is 0 Å². The molecule has 4 nitrogen and oxygen atoms in total. The van der Waals surface area contributed by atoms with Gasteiger partial charge in [-0.2, -0.15) is 0 Å². The summed E-state index contributed by atoms with van der Waals surface area (Å²) in [5.74, 6) is 0.411. The Bertz CT molecular complexity index is 1030. The van der Waals surface area contributed by atoms with E-state index in [2.05, 4.69) is 15.0 Å². The van der Waals surface area contributed by atoms with Crippen LogP contribution in [0, 0.1) is 5.82 Å². The molecule has 2 heterocycles. The number of nitrogens with zero attached hydrogens (tertiary/aromatic N) is 4. The molecular weight excluding hydrogens is 374 g/mol. The van der Waals surface area contributed by atoms with E-state index in [1.807, 2.05) is 10.6 Å². The molecule has 4 rings (SSSR count). The van der Waals surface area contributed by atoms with Crippen LogP contribution in [0.25, 0.3) is 11.5 Å². The maximum atomic E-state index is 13.4. The Morgan fingerprint density at radius 1 is 0.962 bits per heavy atom. The van der Waals surface area contributed by atoms with Crippen LogP contribution in [-0.2, 0) is 13.0 Å². The lowest BCUT2D eigenvalue weighted by Crippen LogP contribution is -2.10. The first-order chi connectivity index (χ1) is 12.6. The Hall–Kier alpha value is -2.50. The average Bonchev–Trinajstić information content (AvgIpc) is 3.10. The Morgan fingerprint density at radius 2 is 1.73 bits per heavy atom. The predicted molar refractivity (Wildman–Crippen MR) is 99.2 cm³/mol. The van der Waals surface area contributed by atoms with Crippen molar-refractivity contribution in [3.05, 3.63) is 87.8 Å². The SMILES string of the molecule is Fc1cccc(Cc2ncn(Cc3c(Cl)cccc3Cl)c3ncnc2-3)c1. The molecule has 2 aliphatic rings. The van der Waals surface area contributed by atoms with Gasteiger partial charge >= 0.3 is 0 Å². The molecule has 2 aromatic rings. The minimum absolute atomic E-state index is 0.272. The van der Waals surface area contributed by atoms with Crippen LogP contribution >= 0.6 is 23.2 Å². The van der Waals surface area contributed by atoms with E-state index in [1.54, 1.807) is 30.6 Å². The van der Waals surface area contributed by atoms with Crippen LogP contribution in [0.15, 0.2) is 55.1 Å². The quantitative estimate of drug-likeness (QED) is 0.502. The number of halogens is 3. The highest BCUT2D eigenvalue weighted by atomic mass is 35.5. The third-order valence-corrected chi connectivity index (χ3v) is 4.84. The van der Waals surface area contributed by atoms with E-state index >= 15 is 0 Å². The van der Waals surface area contributed by atoms with Gasteiger partial charge in [-0.3, -0.25) is 0 Å². The van der Waals surface area contributed by atoms with Crippen LogP contribution in [0.4, 0.5) is 4.39 Å². The Balaban J connectivity index is 1.70. The molecule has 0 fully saturated rings. The molecule has 0 N–H and O–H groups in total. The molecule has 0 unspecified atom stereocenters. The number of rotatable bonds is 4. The van der Waals surface area contributed by atoms with Gasteiger partial charge in [0.15, 0.2) is 5.82 Å². The lowest BCUT2D eigenvalue weighted by molar-refractivity contribution is 0.626. The van der Waals surface area contributed by atoms with Gasteiger partial charge in [0.2, 0.25) is 0 Å². The van der Waals surface area contributed by atoms with Gasteiger partial charge in [0.1, 0.15) is 17.8 Å². The third-order valence-electron chi connectivity index (χ3n) is 4.13. The number of imidazole rings is 1. The van der Waals surface area contributed by atoms with E-state index in [4.69, 9.17) is 23.2 Å². The fraction of sp³-hybridized carbons (Fsp3) is 0.105. The second-order valence-electron chi connectivity index (χ2n) is 5.87. The number of hydrogen-bond acceptors (Lipinski definition) is 3. The number of benzene rings is 2. The van der Waals surface area contributed by atoms with E-state index in [0.29, 0.717) is 34.5 Å². The first kappa shape index (κ1) is 16.9. The van der Waals surface area contributed by atoms with E-state index in [9.17, 15) is 4.39 Å². The lowest BCUT2D eigenvalue weighted by Gasteiger charge is -2.15. The first-order valence-electron chi connectivity index (χ1n) is 7.94. The molecule has 0 saturated heterocycles. The summed E-state index contributed by atoms with van der Waals surface area (Å²) >= 11 is 12.5. The van der Waals surface area contributed by atoms with Crippen LogP contribution < -0.4 is 0 Å². The monoisotopic (exact) mass is 386 g/mol. The van der Waals surface area contributed by atoms with E-state index in [1.165, 1.54) is 18.5 Å². The summed E-state index contributed by atoms with van der Waals surface area (Å²) in [7, 11) is 0. The van der Waals surface area contributed by atoms with E-state index in [0.717, 1.165) is 16.8 Å². The van der Waals surface area contributed by atoms with Gasteiger partial charge in [0.05, 0.1) is 18.6 Å². The number of fused-ring (bicyclic) bond motifs is 1. The van der Waals surface area contributed by atoms with Crippen molar-refractivity contribution in [3.63, 3.8) is 0 Å². The molecule has 0 spiro atoms. The van der Waals surface area contributed by atoms with Crippen LogP contribution in [0.1, 0.15) is 16.8 Å². The molecule has 130 valence electrons. The minimum Gasteiger partial charge on any atom is -0.311 e. The molecule has 0 aliphatic carbocycles. The highest BCUT2D eigenvalue weighted by molar-refractivity contribution is 6.35. The predicted octanol–water partition coefficient (Wildman–Crippen LogP) is 4.86. The fourth-order valence-corrected chi connectivity index (χ4v) is 3.39. The highest BCUT2D eigenvalue weighted by Gasteiger charge is 2.18. The lowest BCUT2D eigenvalue weighted by atomic mass is 10.1. The second kappa shape index (κ2) is 7.02. The van der Waals surface area contributed by atoms with Crippen molar-refractivity contribution in [3.8, 4) is 11.5 Å². The molecule has 0 saturated carbocycles. The average molecular weight is 387 g/mol. The molecule has 26 heavy (non-hydrogen) atoms. The molecule has 0 bridgehead atoms. The largest absolute Gasteiger partial charge is 0.311 e. The maximum absolute atomic E-state index is 13.4. The van der Waals surface area contributed by atoms with E-state index < -0.39 is 0 Å². The Kier molecular flexibility index (Phi) is 4.57. The summed E-state index contributed by atoms with van der Waals surface area (Å²) in [6.45, 7) is 0.431. The zero-order valence-electron chi connectivity index (χ0n) is 13.5. The van der Waals surface area contributed by atoms with Crippen molar-refractivity contribution < 1.29 is 4.39 Å². The zero-order chi connectivity index (χ0) is 18.1. The standard InChI is InChI=1S/C19H13Cl2FN4/c20-15-5-2-6-16(21)14(15)9-26-11-25-17(18-19(26)24-10-23-18)8-12-3-1-4-13(22)7-12/h1-7,10-11H,8-9H2. The van der Waals surface area contributed by atoms with Crippen molar-refractivity contribution in [1.82, 2.24) is 19.5 Å². The van der Waals surface area contributed by atoms with Crippen LogP contribution in [0.5, 0.6) is 0 Å². The van der Waals surface area contributed by atoms with Gasteiger partial charge in [0.25, 0.3) is 0 Å². The van der Waals surface area contributed by atoms with Gasteiger partial charge in [-0.1, -0.05) is 41.4 Å².